The van der Waals surface area contributed by atoms with Gasteiger partial charge < -0.3 is 9.52 Å². The maximum Gasteiger partial charge on any atom is 0.335 e. The van der Waals surface area contributed by atoms with Gasteiger partial charge in [0.25, 0.3) is 11.1 Å². The number of benzene rings is 2. The van der Waals surface area contributed by atoms with E-state index in [9.17, 15) is 23.9 Å². The maximum absolute atomic E-state index is 13.9. The number of carboxylic acid groups (broad SMARTS) is 1. The lowest BCUT2D eigenvalue weighted by molar-refractivity contribution is -0.123. The van der Waals surface area contributed by atoms with Gasteiger partial charge in [0, 0.05) is 17.2 Å². The molecule has 3 aromatic rings. The van der Waals surface area contributed by atoms with Gasteiger partial charge in [-0.15, -0.1) is 0 Å². The van der Waals surface area contributed by atoms with Crippen LogP contribution in [0, 0.1) is 12.7 Å². The molecule has 1 N–H and O–H groups in total. The van der Waals surface area contributed by atoms with E-state index >= 15 is 0 Å². The number of furan rings is 1. The number of carboxylic acids is 1. The number of carbonyl (C=O) groups is 3. The quantitative estimate of drug-likeness (QED) is 0.543. The highest BCUT2D eigenvalue weighted by Crippen LogP contribution is 2.35. The minimum Gasteiger partial charge on any atom is -0.478 e. The van der Waals surface area contributed by atoms with Crippen LogP contribution in [-0.4, -0.2) is 27.1 Å². The molecule has 4 rings (SSSR count). The Morgan fingerprint density at radius 2 is 1.94 bits per heavy atom. The number of carbonyl (C=O) groups excluding carboxylic acids is 2. The molecule has 8 heteroatoms. The van der Waals surface area contributed by atoms with Gasteiger partial charge in [0.1, 0.15) is 17.3 Å². The van der Waals surface area contributed by atoms with E-state index in [4.69, 9.17) is 4.42 Å². The molecule has 1 aliphatic rings. The maximum atomic E-state index is 13.9. The van der Waals surface area contributed by atoms with Crippen molar-refractivity contribution in [1.29, 1.82) is 0 Å². The molecule has 0 radical (unpaired) electrons. The Bertz CT molecular complexity index is 1250. The van der Waals surface area contributed by atoms with Crippen molar-refractivity contribution in [3.63, 3.8) is 0 Å². The molecule has 0 unspecified atom stereocenters. The number of rotatable bonds is 5. The van der Waals surface area contributed by atoms with E-state index in [1.807, 2.05) is 6.92 Å². The average Bonchev–Trinajstić information content (AvgIpc) is 3.30. The van der Waals surface area contributed by atoms with Crippen LogP contribution >= 0.6 is 11.8 Å². The zero-order valence-corrected chi connectivity index (χ0v) is 17.1. The van der Waals surface area contributed by atoms with E-state index in [1.165, 1.54) is 36.4 Å². The Balaban J connectivity index is 1.58. The molecule has 0 saturated carbocycles. The first-order valence-corrected chi connectivity index (χ1v) is 10.1. The SMILES string of the molecule is Cc1ccc(C(=O)O)cc1-c1ccc(C=C2SC(=O)N(Cc3ccccc3F)C2=O)o1. The van der Waals surface area contributed by atoms with Crippen molar-refractivity contribution in [1.82, 2.24) is 4.90 Å². The second-order valence-corrected chi connectivity index (χ2v) is 7.89. The molecule has 1 aromatic heterocycles. The van der Waals surface area contributed by atoms with Gasteiger partial charge in [0.2, 0.25) is 0 Å². The van der Waals surface area contributed by atoms with Crippen LogP contribution in [0.4, 0.5) is 9.18 Å². The standard InChI is InChI=1S/C23H16FNO5S/c1-13-6-7-14(22(27)28)10-17(13)19-9-8-16(30-19)11-20-21(26)25(23(29)31-20)12-15-4-2-3-5-18(15)24/h2-11H,12H2,1H3,(H,27,28). The molecule has 1 saturated heterocycles. The van der Waals surface area contributed by atoms with Crippen LogP contribution in [-0.2, 0) is 11.3 Å². The number of aromatic carboxylic acids is 1. The fourth-order valence-corrected chi connectivity index (χ4v) is 3.98. The Morgan fingerprint density at radius 3 is 2.68 bits per heavy atom. The van der Waals surface area contributed by atoms with Gasteiger partial charge in [0.05, 0.1) is 17.0 Å². The summed E-state index contributed by atoms with van der Waals surface area (Å²) in [6.45, 7) is 1.68. The molecule has 156 valence electrons. The van der Waals surface area contributed by atoms with Gasteiger partial charge in [-0.05, 0) is 54.6 Å². The summed E-state index contributed by atoms with van der Waals surface area (Å²) in [5.74, 6) is -1.28. The molecule has 1 aliphatic heterocycles. The van der Waals surface area contributed by atoms with E-state index in [-0.39, 0.29) is 22.6 Å². The summed E-state index contributed by atoms with van der Waals surface area (Å²) in [5, 5.41) is 8.71. The Hall–Kier alpha value is -3.65. The normalized spacial score (nSPS) is 15.2. The van der Waals surface area contributed by atoms with E-state index in [2.05, 4.69) is 0 Å². The average molecular weight is 437 g/mol. The predicted molar refractivity (Wildman–Crippen MR) is 114 cm³/mol. The van der Waals surface area contributed by atoms with Crippen molar-refractivity contribution < 1.29 is 28.3 Å². The highest BCUT2D eigenvalue weighted by Gasteiger charge is 2.35. The van der Waals surface area contributed by atoms with Gasteiger partial charge in [0.15, 0.2) is 0 Å². The number of amides is 2. The minimum atomic E-state index is -1.04. The Kier molecular flexibility index (Phi) is 5.48. The molecular formula is C23H16FNO5S. The van der Waals surface area contributed by atoms with Gasteiger partial charge >= 0.3 is 5.97 Å². The highest BCUT2D eigenvalue weighted by molar-refractivity contribution is 8.18. The van der Waals surface area contributed by atoms with Crippen LogP contribution in [0.1, 0.15) is 27.2 Å². The van der Waals surface area contributed by atoms with Gasteiger partial charge in [-0.1, -0.05) is 24.3 Å². The second kappa shape index (κ2) is 8.23. The number of halogens is 1. The zero-order valence-electron chi connectivity index (χ0n) is 16.3. The Morgan fingerprint density at radius 1 is 1.16 bits per heavy atom. The lowest BCUT2D eigenvalue weighted by atomic mass is 10.0. The van der Waals surface area contributed by atoms with Crippen molar-refractivity contribution in [2.45, 2.75) is 13.5 Å². The van der Waals surface area contributed by atoms with Crippen LogP contribution in [0.5, 0.6) is 0 Å². The minimum absolute atomic E-state index is 0.132. The summed E-state index contributed by atoms with van der Waals surface area (Å²) in [5.41, 5.74) is 1.83. The molecule has 2 heterocycles. The molecule has 0 atom stereocenters. The third-order valence-corrected chi connectivity index (χ3v) is 5.72. The monoisotopic (exact) mass is 437 g/mol. The van der Waals surface area contributed by atoms with Crippen LogP contribution in [0.25, 0.3) is 17.4 Å². The molecule has 0 aliphatic carbocycles. The van der Waals surface area contributed by atoms with Crippen molar-refractivity contribution in [2.24, 2.45) is 0 Å². The number of imide groups is 1. The summed E-state index contributed by atoms with van der Waals surface area (Å²) < 4.78 is 19.7. The summed E-state index contributed by atoms with van der Waals surface area (Å²) >= 11 is 0.755. The van der Waals surface area contributed by atoms with E-state index < -0.39 is 22.9 Å². The van der Waals surface area contributed by atoms with E-state index in [1.54, 1.807) is 24.3 Å². The van der Waals surface area contributed by atoms with Crippen LogP contribution in [0.3, 0.4) is 0 Å². The van der Waals surface area contributed by atoms with Crippen molar-refractivity contribution in [3.05, 3.63) is 87.8 Å². The summed E-state index contributed by atoms with van der Waals surface area (Å²) in [6, 6.07) is 14.0. The second-order valence-electron chi connectivity index (χ2n) is 6.90. The summed E-state index contributed by atoms with van der Waals surface area (Å²) in [7, 11) is 0. The first-order chi connectivity index (χ1) is 14.8. The van der Waals surface area contributed by atoms with Crippen LogP contribution in [0.2, 0.25) is 0 Å². The summed E-state index contributed by atoms with van der Waals surface area (Å²) in [6.07, 6.45) is 1.45. The molecule has 2 amide bonds. The van der Waals surface area contributed by atoms with Gasteiger partial charge in [-0.3, -0.25) is 14.5 Å². The number of thioether (sulfide) groups is 1. The van der Waals surface area contributed by atoms with Crippen LogP contribution < -0.4 is 0 Å². The zero-order chi connectivity index (χ0) is 22.1. The van der Waals surface area contributed by atoms with Gasteiger partial charge in [-0.25, -0.2) is 9.18 Å². The number of hydrogen-bond donors (Lipinski definition) is 1. The number of aryl methyl sites for hydroxylation is 1. The largest absolute Gasteiger partial charge is 0.478 e. The molecule has 6 nitrogen and oxygen atoms in total. The molecule has 1 fully saturated rings. The van der Waals surface area contributed by atoms with E-state index in [0.717, 1.165) is 22.2 Å². The smallest absolute Gasteiger partial charge is 0.335 e. The topological polar surface area (TPSA) is 87.8 Å². The van der Waals surface area contributed by atoms with Crippen molar-refractivity contribution in [2.75, 3.05) is 0 Å². The fourth-order valence-electron chi connectivity index (χ4n) is 3.16. The van der Waals surface area contributed by atoms with Crippen molar-refractivity contribution >= 4 is 35.0 Å². The first kappa shape index (κ1) is 20.6. The molecule has 0 spiro atoms. The van der Waals surface area contributed by atoms with E-state index in [0.29, 0.717) is 17.1 Å². The first-order valence-electron chi connectivity index (χ1n) is 9.26. The third kappa shape index (κ3) is 4.15. The van der Waals surface area contributed by atoms with Crippen molar-refractivity contribution in [3.8, 4) is 11.3 Å². The number of hydrogen-bond acceptors (Lipinski definition) is 5. The van der Waals surface area contributed by atoms with Crippen LogP contribution in [0.15, 0.2) is 63.9 Å². The highest BCUT2D eigenvalue weighted by atomic mass is 32.2. The molecule has 0 bridgehead atoms. The third-order valence-electron chi connectivity index (χ3n) is 4.81. The molecule has 2 aromatic carbocycles. The number of nitrogens with zero attached hydrogens (tertiary/aromatic N) is 1. The lowest BCUT2D eigenvalue weighted by Gasteiger charge is -2.12. The summed E-state index contributed by atoms with van der Waals surface area (Å²) in [4.78, 5) is 37.4. The predicted octanol–water partition coefficient (Wildman–Crippen LogP) is 5.33. The lowest BCUT2D eigenvalue weighted by Crippen LogP contribution is -2.27. The fraction of sp³-hybridized carbons (Fsp3) is 0.0870. The Labute approximate surface area is 181 Å². The molecular weight excluding hydrogens is 421 g/mol. The molecule has 31 heavy (non-hydrogen) atoms. The van der Waals surface area contributed by atoms with Gasteiger partial charge in [-0.2, -0.15) is 0 Å².